The molecule has 1 aromatic carbocycles. The Balaban J connectivity index is 1.68. The third-order valence-corrected chi connectivity index (χ3v) is 3.86. The summed E-state index contributed by atoms with van der Waals surface area (Å²) in [6.07, 6.45) is 3.32. The molecule has 1 fully saturated rings. The van der Waals surface area contributed by atoms with Gasteiger partial charge < -0.3 is 10.2 Å². The number of amides is 1. The number of nitrogens with one attached hydrogen (secondary N) is 1. The summed E-state index contributed by atoms with van der Waals surface area (Å²) >= 11 is 5.94. The first-order valence-corrected chi connectivity index (χ1v) is 7.76. The number of benzene rings is 1. The summed E-state index contributed by atoms with van der Waals surface area (Å²) in [5.41, 5.74) is 1.22. The van der Waals surface area contributed by atoms with Gasteiger partial charge in [0.25, 0.3) is 5.91 Å². The number of halogens is 1. The molecule has 1 amide bonds. The highest BCUT2D eigenvalue weighted by Gasteiger charge is 2.19. The van der Waals surface area contributed by atoms with Crippen LogP contribution in [0.15, 0.2) is 36.4 Å². The average molecular weight is 317 g/mol. The predicted octanol–water partition coefficient (Wildman–Crippen LogP) is 3.50. The van der Waals surface area contributed by atoms with E-state index in [9.17, 15) is 4.79 Å². The average Bonchev–Trinajstić information content (AvgIpc) is 2.56. The number of hydrogen-bond donors (Lipinski definition) is 1. The van der Waals surface area contributed by atoms with E-state index in [-0.39, 0.29) is 5.91 Å². The van der Waals surface area contributed by atoms with Gasteiger partial charge in [-0.05, 0) is 49.6 Å². The van der Waals surface area contributed by atoms with Crippen molar-refractivity contribution in [2.75, 3.05) is 18.4 Å². The molecule has 0 spiro atoms. The Labute approximate surface area is 134 Å². The Bertz CT molecular complexity index is 653. The molecule has 2 aromatic rings. The summed E-state index contributed by atoms with van der Waals surface area (Å²) < 4.78 is 0. The van der Waals surface area contributed by atoms with Crippen molar-refractivity contribution in [3.8, 4) is 0 Å². The molecule has 0 unspecified atom stereocenters. The van der Waals surface area contributed by atoms with Gasteiger partial charge in [-0.15, -0.1) is 10.2 Å². The van der Waals surface area contributed by atoms with Crippen LogP contribution in [0.2, 0.25) is 5.02 Å². The molecule has 114 valence electrons. The molecule has 1 aliphatic rings. The molecule has 5 nitrogen and oxygen atoms in total. The van der Waals surface area contributed by atoms with E-state index in [1.807, 2.05) is 17.0 Å². The number of anilines is 2. The van der Waals surface area contributed by atoms with Crippen molar-refractivity contribution in [1.29, 1.82) is 0 Å². The van der Waals surface area contributed by atoms with Crippen LogP contribution in [0.4, 0.5) is 11.5 Å². The molecule has 3 rings (SSSR count). The van der Waals surface area contributed by atoms with Gasteiger partial charge in [0.05, 0.1) is 0 Å². The molecule has 1 aliphatic heterocycles. The molecule has 0 saturated carbocycles. The Morgan fingerprint density at radius 1 is 1.09 bits per heavy atom. The van der Waals surface area contributed by atoms with Crippen LogP contribution in [0.25, 0.3) is 0 Å². The Morgan fingerprint density at radius 3 is 2.59 bits per heavy atom. The molecule has 0 atom stereocenters. The molecule has 1 aromatic heterocycles. The fourth-order valence-electron chi connectivity index (χ4n) is 2.49. The number of aromatic nitrogens is 2. The first-order chi connectivity index (χ1) is 10.7. The molecule has 0 aliphatic carbocycles. The highest BCUT2D eigenvalue weighted by Crippen LogP contribution is 2.19. The highest BCUT2D eigenvalue weighted by molar-refractivity contribution is 6.30. The first kappa shape index (κ1) is 14.8. The minimum Gasteiger partial charge on any atom is -0.339 e. The van der Waals surface area contributed by atoms with Gasteiger partial charge in [0.15, 0.2) is 11.5 Å². The minimum absolute atomic E-state index is 0.0403. The third-order valence-electron chi connectivity index (χ3n) is 3.62. The summed E-state index contributed by atoms with van der Waals surface area (Å²) in [5.74, 6) is 0.541. The quantitative estimate of drug-likeness (QED) is 0.941. The maximum atomic E-state index is 12.3. The standard InChI is InChI=1S/C16H17ClN4O/c17-12-5-4-6-13(11-12)18-15-8-7-14(19-20-15)16(22)21-9-2-1-3-10-21/h4-8,11H,1-3,9-10H2,(H,18,20). The SMILES string of the molecule is O=C(c1ccc(Nc2cccc(Cl)c2)nn1)N1CCCCC1. The van der Waals surface area contributed by atoms with E-state index in [0.717, 1.165) is 31.6 Å². The van der Waals surface area contributed by atoms with Crippen molar-refractivity contribution in [1.82, 2.24) is 15.1 Å². The van der Waals surface area contributed by atoms with Crippen molar-refractivity contribution < 1.29 is 4.79 Å². The lowest BCUT2D eigenvalue weighted by Crippen LogP contribution is -2.36. The largest absolute Gasteiger partial charge is 0.339 e. The smallest absolute Gasteiger partial charge is 0.274 e. The Hall–Kier alpha value is -2.14. The third kappa shape index (κ3) is 3.54. The van der Waals surface area contributed by atoms with Gasteiger partial charge in [-0.25, -0.2) is 0 Å². The Morgan fingerprint density at radius 2 is 1.91 bits per heavy atom. The second-order valence-electron chi connectivity index (χ2n) is 5.29. The number of rotatable bonds is 3. The van der Waals surface area contributed by atoms with Gasteiger partial charge in [0.1, 0.15) is 0 Å². The summed E-state index contributed by atoms with van der Waals surface area (Å²) in [4.78, 5) is 14.1. The van der Waals surface area contributed by atoms with Gasteiger partial charge in [0.2, 0.25) is 0 Å². The van der Waals surface area contributed by atoms with E-state index in [4.69, 9.17) is 11.6 Å². The Kier molecular flexibility index (Phi) is 4.53. The summed E-state index contributed by atoms with van der Waals surface area (Å²) in [5, 5.41) is 11.9. The van der Waals surface area contributed by atoms with Gasteiger partial charge >= 0.3 is 0 Å². The van der Waals surface area contributed by atoms with Crippen LogP contribution in [0.5, 0.6) is 0 Å². The maximum absolute atomic E-state index is 12.3. The lowest BCUT2D eigenvalue weighted by atomic mass is 10.1. The fraction of sp³-hybridized carbons (Fsp3) is 0.312. The van der Waals surface area contributed by atoms with Crippen LogP contribution in [-0.2, 0) is 0 Å². The van der Waals surface area contributed by atoms with E-state index in [1.54, 1.807) is 24.3 Å². The lowest BCUT2D eigenvalue weighted by Gasteiger charge is -2.26. The van der Waals surface area contributed by atoms with Crippen molar-refractivity contribution >= 4 is 29.0 Å². The summed E-state index contributed by atoms with van der Waals surface area (Å²) in [6, 6.07) is 10.8. The van der Waals surface area contributed by atoms with Gasteiger partial charge in [-0.2, -0.15) is 0 Å². The molecular weight excluding hydrogens is 300 g/mol. The topological polar surface area (TPSA) is 58.1 Å². The van der Waals surface area contributed by atoms with Crippen LogP contribution in [0, 0.1) is 0 Å². The van der Waals surface area contributed by atoms with Gasteiger partial charge in [-0.1, -0.05) is 17.7 Å². The zero-order valence-corrected chi connectivity index (χ0v) is 12.9. The van der Waals surface area contributed by atoms with Crippen LogP contribution >= 0.6 is 11.6 Å². The van der Waals surface area contributed by atoms with Crippen LogP contribution in [0.3, 0.4) is 0 Å². The van der Waals surface area contributed by atoms with Crippen LogP contribution < -0.4 is 5.32 Å². The maximum Gasteiger partial charge on any atom is 0.274 e. The number of nitrogens with zero attached hydrogens (tertiary/aromatic N) is 3. The van der Waals surface area contributed by atoms with E-state index < -0.39 is 0 Å². The second-order valence-corrected chi connectivity index (χ2v) is 5.73. The number of likely N-dealkylation sites (tertiary alicyclic amines) is 1. The molecular formula is C16H17ClN4O. The predicted molar refractivity (Wildman–Crippen MR) is 86.5 cm³/mol. The van der Waals surface area contributed by atoms with Crippen LogP contribution in [-0.4, -0.2) is 34.1 Å². The zero-order chi connectivity index (χ0) is 15.4. The molecule has 0 bridgehead atoms. The van der Waals surface area contributed by atoms with Crippen LogP contribution in [0.1, 0.15) is 29.8 Å². The molecule has 6 heteroatoms. The van der Waals surface area contributed by atoms with Crippen molar-refractivity contribution in [3.63, 3.8) is 0 Å². The normalized spacial score (nSPS) is 14.7. The molecule has 0 radical (unpaired) electrons. The zero-order valence-electron chi connectivity index (χ0n) is 12.1. The summed E-state index contributed by atoms with van der Waals surface area (Å²) in [6.45, 7) is 1.62. The second kappa shape index (κ2) is 6.75. The summed E-state index contributed by atoms with van der Waals surface area (Å²) in [7, 11) is 0. The molecule has 1 N–H and O–H groups in total. The first-order valence-electron chi connectivity index (χ1n) is 7.38. The fourth-order valence-corrected chi connectivity index (χ4v) is 2.68. The van der Waals surface area contributed by atoms with Gasteiger partial charge in [0, 0.05) is 23.8 Å². The van der Waals surface area contributed by atoms with E-state index in [0.29, 0.717) is 16.5 Å². The molecule has 1 saturated heterocycles. The van der Waals surface area contributed by atoms with Gasteiger partial charge in [-0.3, -0.25) is 4.79 Å². The lowest BCUT2D eigenvalue weighted by molar-refractivity contribution is 0.0717. The van der Waals surface area contributed by atoms with Crippen molar-refractivity contribution in [2.24, 2.45) is 0 Å². The number of carbonyl (C=O) groups is 1. The molecule has 2 heterocycles. The van der Waals surface area contributed by atoms with Crippen molar-refractivity contribution in [3.05, 3.63) is 47.1 Å². The van der Waals surface area contributed by atoms with E-state index in [1.165, 1.54) is 6.42 Å². The number of hydrogen-bond acceptors (Lipinski definition) is 4. The van der Waals surface area contributed by atoms with E-state index in [2.05, 4.69) is 15.5 Å². The number of carbonyl (C=O) groups excluding carboxylic acids is 1. The monoisotopic (exact) mass is 316 g/mol. The van der Waals surface area contributed by atoms with E-state index >= 15 is 0 Å². The molecule has 22 heavy (non-hydrogen) atoms. The number of piperidine rings is 1. The highest BCUT2D eigenvalue weighted by atomic mass is 35.5. The minimum atomic E-state index is -0.0403. The van der Waals surface area contributed by atoms with Crippen molar-refractivity contribution in [2.45, 2.75) is 19.3 Å².